The molecule has 34 heavy (non-hydrogen) atoms. The molecule has 0 amide bonds. The fourth-order valence-electron chi connectivity index (χ4n) is 7.52. The van der Waals surface area contributed by atoms with Crippen LogP contribution in [-0.2, 0) is 23.9 Å². The molecule has 0 aromatic carbocycles. The van der Waals surface area contributed by atoms with Gasteiger partial charge in [0.1, 0.15) is 12.7 Å². The van der Waals surface area contributed by atoms with Gasteiger partial charge in [-0.15, -0.1) is 0 Å². The maximum atomic E-state index is 11.5. The van der Waals surface area contributed by atoms with Crippen LogP contribution in [0.5, 0.6) is 0 Å². The van der Waals surface area contributed by atoms with Crippen molar-refractivity contribution in [1.29, 1.82) is 0 Å². The van der Waals surface area contributed by atoms with E-state index in [9.17, 15) is 9.59 Å². The molecule has 0 saturated heterocycles. The Hall–Kier alpha value is -2.11. The highest BCUT2D eigenvalue weighted by Crippen LogP contribution is 2.64. The number of rotatable bonds is 7. The van der Waals surface area contributed by atoms with Crippen molar-refractivity contribution in [2.75, 3.05) is 13.2 Å². The summed E-state index contributed by atoms with van der Waals surface area (Å²) < 4.78 is 10.5. The molecule has 0 aliphatic heterocycles. The summed E-state index contributed by atoms with van der Waals surface area (Å²) in [5.74, 6) is 1.58. The number of carbonyl (C=O) groups excluding carboxylic acids is 2. The second-order valence-electron chi connectivity index (χ2n) is 11.0. The van der Waals surface area contributed by atoms with Gasteiger partial charge in [0, 0.05) is 31.3 Å². The molecule has 6 nitrogen and oxygen atoms in total. The van der Waals surface area contributed by atoms with Crippen LogP contribution >= 0.6 is 0 Å². The predicted molar refractivity (Wildman–Crippen MR) is 131 cm³/mol. The minimum atomic E-state index is -0.310. The molecule has 6 atom stereocenters. The maximum Gasteiger partial charge on any atom is 0.330 e. The average Bonchev–Trinajstić information content (AvgIpc) is 3.12. The van der Waals surface area contributed by atoms with Crippen LogP contribution in [-0.4, -0.2) is 37.0 Å². The number of ether oxygens (including phenoxy) is 2. The molecule has 4 aliphatic carbocycles. The summed E-state index contributed by atoms with van der Waals surface area (Å²) in [6, 6.07) is 0. The van der Waals surface area contributed by atoms with Crippen molar-refractivity contribution in [3.63, 3.8) is 0 Å². The highest BCUT2D eigenvalue weighted by molar-refractivity contribution is 5.92. The molecule has 6 heteroatoms. The third-order valence-electron chi connectivity index (χ3n) is 9.22. The average molecular weight is 472 g/mol. The van der Waals surface area contributed by atoms with E-state index in [1.165, 1.54) is 43.5 Å². The normalized spacial score (nSPS) is 38.0. The zero-order chi connectivity index (χ0) is 24.3. The lowest BCUT2D eigenvalue weighted by Gasteiger charge is -2.57. The van der Waals surface area contributed by atoms with Gasteiger partial charge in [-0.05, 0) is 75.0 Å². The Morgan fingerprint density at radius 3 is 2.68 bits per heavy atom. The summed E-state index contributed by atoms with van der Waals surface area (Å²) in [7, 11) is 0. The summed E-state index contributed by atoms with van der Waals surface area (Å²) in [6.07, 6.45) is 15.2. The van der Waals surface area contributed by atoms with E-state index in [0.717, 1.165) is 32.1 Å². The molecule has 188 valence electrons. The first-order chi connectivity index (χ1) is 16.3. The first-order valence-corrected chi connectivity index (χ1v) is 13.2. The first kappa shape index (κ1) is 25.0. The molecule has 3 fully saturated rings. The largest absolute Gasteiger partial charge is 0.463 e. The van der Waals surface area contributed by atoms with Crippen LogP contribution in [0.3, 0.4) is 0 Å². The van der Waals surface area contributed by atoms with Gasteiger partial charge in [0.25, 0.3) is 0 Å². The van der Waals surface area contributed by atoms with Crippen LogP contribution in [0.2, 0.25) is 0 Å². The molecule has 0 aromatic heterocycles. The lowest BCUT2D eigenvalue weighted by Crippen LogP contribution is -2.50. The summed E-state index contributed by atoms with van der Waals surface area (Å²) in [5.41, 5.74) is 3.12. The molecule has 4 aliphatic rings. The highest BCUT2D eigenvalue weighted by atomic mass is 16.6. The molecular weight excluding hydrogens is 430 g/mol. The Morgan fingerprint density at radius 1 is 1.15 bits per heavy atom. The van der Waals surface area contributed by atoms with Crippen LogP contribution < -0.4 is 0 Å². The Kier molecular flexibility index (Phi) is 7.54. The Bertz CT molecular complexity index is 876. The minimum absolute atomic E-state index is 0.0525. The second-order valence-corrected chi connectivity index (χ2v) is 11.0. The number of fused-ring (bicyclic) bond motifs is 5. The van der Waals surface area contributed by atoms with Crippen molar-refractivity contribution < 1.29 is 23.9 Å². The third-order valence-corrected chi connectivity index (χ3v) is 9.22. The van der Waals surface area contributed by atoms with Crippen LogP contribution in [0.4, 0.5) is 0 Å². The molecule has 0 heterocycles. The summed E-state index contributed by atoms with van der Waals surface area (Å²) in [4.78, 5) is 28.5. The number of oxime groups is 1. The fourth-order valence-corrected chi connectivity index (χ4v) is 7.52. The lowest BCUT2D eigenvalue weighted by atomic mass is 9.48. The van der Waals surface area contributed by atoms with Gasteiger partial charge in [0.15, 0.2) is 0 Å². The third kappa shape index (κ3) is 4.83. The second kappa shape index (κ2) is 10.2. The van der Waals surface area contributed by atoms with Gasteiger partial charge in [0.05, 0.1) is 12.3 Å². The van der Waals surface area contributed by atoms with Crippen LogP contribution in [0, 0.1) is 28.6 Å². The number of esters is 2. The molecule has 3 saturated carbocycles. The molecule has 0 unspecified atom stereocenters. The number of hydrogen-bond donors (Lipinski definition) is 0. The van der Waals surface area contributed by atoms with E-state index < -0.39 is 0 Å². The monoisotopic (exact) mass is 471 g/mol. The number of allylic oxidation sites excluding steroid dienone is 1. The highest BCUT2D eigenvalue weighted by Gasteiger charge is 2.58. The number of hydrogen-bond acceptors (Lipinski definition) is 6. The molecule has 0 aromatic rings. The van der Waals surface area contributed by atoms with Gasteiger partial charge in [-0.25, -0.2) is 4.79 Å². The quantitative estimate of drug-likeness (QED) is 0.155. The standard InChI is InChI=1S/C28H41NO5/c1-5-32-26(31)8-6-7-17-33-29-25-12-11-23-22-10-9-20-18-21(34-19(2)30)13-15-27(20,3)24(22)14-16-28(23,25)4/h6,8-9,21-24H,5,7,10-18H2,1-4H3/b8-6+,29-25+/t21-,22-,23-,24-,27-,28-/m0/s1. The molecule has 0 spiro atoms. The van der Waals surface area contributed by atoms with Crippen molar-refractivity contribution in [1.82, 2.24) is 0 Å². The van der Waals surface area contributed by atoms with E-state index in [0.29, 0.717) is 37.4 Å². The molecular formula is C28H41NO5. The van der Waals surface area contributed by atoms with Gasteiger partial charge in [-0.3, -0.25) is 4.79 Å². The summed E-state index contributed by atoms with van der Waals surface area (Å²) in [6.45, 7) is 9.05. The number of carbonyl (C=O) groups is 2. The van der Waals surface area contributed by atoms with E-state index in [2.05, 4.69) is 25.1 Å². The molecule has 4 rings (SSSR count). The van der Waals surface area contributed by atoms with E-state index in [4.69, 9.17) is 14.3 Å². The van der Waals surface area contributed by atoms with Crippen molar-refractivity contribution in [2.45, 2.75) is 91.6 Å². The lowest BCUT2D eigenvalue weighted by molar-refractivity contribution is -0.148. The van der Waals surface area contributed by atoms with Crippen LogP contribution in [0.15, 0.2) is 29.0 Å². The topological polar surface area (TPSA) is 74.2 Å². The predicted octanol–water partition coefficient (Wildman–Crippen LogP) is 5.76. The zero-order valence-electron chi connectivity index (χ0n) is 21.3. The van der Waals surface area contributed by atoms with Crippen molar-refractivity contribution in [3.05, 3.63) is 23.8 Å². The SMILES string of the molecule is CCOC(=O)/C=C/CCO/N=C1\CC[C@H]2[C@@H]3CC=C4C[C@@H](OC(C)=O)CC[C@]4(C)[C@H]3CC[C@]12C. The van der Waals surface area contributed by atoms with E-state index in [1.807, 2.05) is 0 Å². The summed E-state index contributed by atoms with van der Waals surface area (Å²) >= 11 is 0. The van der Waals surface area contributed by atoms with Crippen molar-refractivity contribution in [2.24, 2.45) is 33.7 Å². The number of nitrogens with zero attached hydrogens (tertiary/aromatic N) is 1. The van der Waals surface area contributed by atoms with Crippen molar-refractivity contribution >= 4 is 17.7 Å². The van der Waals surface area contributed by atoms with E-state index in [1.54, 1.807) is 13.0 Å². The van der Waals surface area contributed by atoms with Crippen LogP contribution in [0.25, 0.3) is 0 Å². The van der Waals surface area contributed by atoms with Crippen molar-refractivity contribution in [3.8, 4) is 0 Å². The van der Waals surface area contributed by atoms with Gasteiger partial charge in [-0.2, -0.15) is 0 Å². The van der Waals surface area contributed by atoms with Crippen LogP contribution in [0.1, 0.15) is 85.5 Å². The van der Waals surface area contributed by atoms with Gasteiger partial charge in [-0.1, -0.05) is 36.7 Å². The smallest absolute Gasteiger partial charge is 0.330 e. The molecule has 0 bridgehead atoms. The molecule has 0 N–H and O–H groups in total. The van der Waals surface area contributed by atoms with Gasteiger partial charge >= 0.3 is 11.9 Å². The van der Waals surface area contributed by atoms with Gasteiger partial charge < -0.3 is 14.3 Å². The maximum absolute atomic E-state index is 11.5. The van der Waals surface area contributed by atoms with E-state index >= 15 is 0 Å². The Balaban J connectivity index is 1.38. The first-order valence-electron chi connectivity index (χ1n) is 13.2. The fraction of sp³-hybridized carbons (Fsp3) is 0.750. The Morgan fingerprint density at radius 2 is 1.91 bits per heavy atom. The van der Waals surface area contributed by atoms with E-state index in [-0.39, 0.29) is 28.9 Å². The zero-order valence-corrected chi connectivity index (χ0v) is 21.3. The Labute approximate surface area is 204 Å². The summed E-state index contributed by atoms with van der Waals surface area (Å²) in [5, 5.41) is 4.61. The molecule has 0 radical (unpaired) electrons. The van der Waals surface area contributed by atoms with Gasteiger partial charge in [0.2, 0.25) is 0 Å². The minimum Gasteiger partial charge on any atom is -0.463 e.